The zero-order valence-electron chi connectivity index (χ0n) is 14.3. The summed E-state index contributed by atoms with van der Waals surface area (Å²) in [6, 6.07) is 8.09. The number of nitrogens with zero attached hydrogens (tertiary/aromatic N) is 2. The summed E-state index contributed by atoms with van der Waals surface area (Å²) in [5, 5.41) is 3.09. The molecule has 0 bridgehead atoms. The largest absolute Gasteiger partial charge is 0.379 e. The van der Waals surface area contributed by atoms with E-state index in [0.717, 1.165) is 29.7 Å². The molecule has 0 aliphatic carbocycles. The molecule has 130 valence electrons. The van der Waals surface area contributed by atoms with E-state index in [0.29, 0.717) is 26.2 Å². The smallest absolute Gasteiger partial charge is 0.222 e. The average Bonchev–Trinajstić information content (AvgIpc) is 2.98. The van der Waals surface area contributed by atoms with Gasteiger partial charge in [0.25, 0.3) is 0 Å². The molecule has 2 atom stereocenters. The fourth-order valence-corrected chi connectivity index (χ4v) is 3.25. The van der Waals surface area contributed by atoms with E-state index < -0.39 is 0 Å². The van der Waals surface area contributed by atoms with Crippen LogP contribution in [-0.2, 0) is 27.2 Å². The zero-order chi connectivity index (χ0) is 16.9. The van der Waals surface area contributed by atoms with Crippen LogP contribution >= 0.6 is 0 Å². The minimum atomic E-state index is -0.0667. The maximum atomic E-state index is 12.4. The third-order valence-corrected chi connectivity index (χ3v) is 4.57. The van der Waals surface area contributed by atoms with Crippen LogP contribution in [0.2, 0.25) is 0 Å². The first-order valence-corrected chi connectivity index (χ1v) is 8.57. The lowest BCUT2D eigenvalue weighted by atomic mass is 10.1. The molecule has 3 rings (SSSR count). The minimum Gasteiger partial charge on any atom is -0.379 e. The summed E-state index contributed by atoms with van der Waals surface area (Å²) in [4.78, 5) is 17.0. The zero-order valence-corrected chi connectivity index (χ0v) is 14.3. The predicted octanol–water partition coefficient (Wildman–Crippen LogP) is 1.91. The van der Waals surface area contributed by atoms with Crippen LogP contribution in [0.4, 0.5) is 0 Å². The number of benzene rings is 1. The van der Waals surface area contributed by atoms with Crippen molar-refractivity contribution in [3.05, 3.63) is 30.1 Å². The molecule has 1 aliphatic heterocycles. The summed E-state index contributed by atoms with van der Waals surface area (Å²) < 4.78 is 12.9. The Hall–Kier alpha value is -1.92. The highest BCUT2D eigenvalue weighted by Crippen LogP contribution is 2.17. The number of imidazole rings is 1. The lowest BCUT2D eigenvalue weighted by Gasteiger charge is -2.31. The van der Waals surface area contributed by atoms with Crippen LogP contribution in [0.15, 0.2) is 24.3 Å². The second-order valence-corrected chi connectivity index (χ2v) is 6.08. The van der Waals surface area contributed by atoms with Gasteiger partial charge in [-0.15, -0.1) is 0 Å². The number of carbonyl (C=O) groups is 1. The molecule has 6 nitrogen and oxygen atoms in total. The standard InChI is InChI=1S/C18H25N3O3/c1-3-17-19-13-6-4-5-7-15(13)21(17)10-8-18(22)20-14-9-11-24-12-16(14)23-2/h4-7,14,16H,3,8-12H2,1-2H3,(H,20,22)/t14-,16-/m1/s1. The summed E-state index contributed by atoms with van der Waals surface area (Å²) in [5.41, 5.74) is 2.07. The molecule has 1 N–H and O–H groups in total. The number of aryl methyl sites for hydroxylation is 2. The van der Waals surface area contributed by atoms with E-state index in [1.165, 1.54) is 0 Å². The number of fused-ring (bicyclic) bond motifs is 1. The summed E-state index contributed by atoms with van der Waals surface area (Å²) in [7, 11) is 1.66. The van der Waals surface area contributed by atoms with Crippen molar-refractivity contribution in [1.29, 1.82) is 0 Å². The van der Waals surface area contributed by atoms with E-state index in [1.54, 1.807) is 7.11 Å². The van der Waals surface area contributed by atoms with Gasteiger partial charge in [0.1, 0.15) is 11.9 Å². The van der Waals surface area contributed by atoms with Crippen molar-refractivity contribution in [1.82, 2.24) is 14.9 Å². The number of rotatable bonds is 6. The van der Waals surface area contributed by atoms with Gasteiger partial charge in [0.15, 0.2) is 0 Å². The van der Waals surface area contributed by atoms with Gasteiger partial charge in [-0.05, 0) is 18.6 Å². The van der Waals surface area contributed by atoms with E-state index in [2.05, 4.69) is 27.9 Å². The molecule has 2 aromatic rings. The Bertz CT molecular complexity index is 698. The number of ether oxygens (including phenoxy) is 2. The summed E-state index contributed by atoms with van der Waals surface area (Å²) >= 11 is 0. The lowest BCUT2D eigenvalue weighted by molar-refractivity contribution is -0.125. The van der Waals surface area contributed by atoms with Gasteiger partial charge in [-0.3, -0.25) is 4.79 Å². The second kappa shape index (κ2) is 7.77. The number of nitrogens with one attached hydrogen (secondary N) is 1. The molecule has 0 radical (unpaired) electrons. The molecule has 0 spiro atoms. The monoisotopic (exact) mass is 331 g/mol. The fraction of sp³-hybridized carbons (Fsp3) is 0.556. The van der Waals surface area contributed by atoms with Crippen LogP contribution in [0, 0.1) is 0 Å². The van der Waals surface area contributed by atoms with Crippen molar-refractivity contribution in [2.24, 2.45) is 0 Å². The molecule has 2 heterocycles. The molecule has 6 heteroatoms. The Labute approximate surface area is 142 Å². The SMILES string of the molecule is CCc1nc2ccccc2n1CCC(=O)N[C@@H]1CCOC[C@H]1OC. The lowest BCUT2D eigenvalue weighted by Crippen LogP contribution is -2.49. The maximum Gasteiger partial charge on any atom is 0.222 e. The van der Waals surface area contributed by atoms with Gasteiger partial charge in [-0.2, -0.15) is 0 Å². The van der Waals surface area contributed by atoms with E-state index in [1.807, 2.05) is 18.2 Å². The van der Waals surface area contributed by atoms with E-state index in [4.69, 9.17) is 9.47 Å². The number of methoxy groups -OCH3 is 1. The molecular weight excluding hydrogens is 306 g/mol. The van der Waals surface area contributed by atoms with Gasteiger partial charge in [0.05, 0.1) is 23.7 Å². The first-order chi connectivity index (χ1) is 11.7. The van der Waals surface area contributed by atoms with Gasteiger partial charge in [-0.1, -0.05) is 19.1 Å². The third kappa shape index (κ3) is 3.60. The number of para-hydroxylation sites is 2. The predicted molar refractivity (Wildman–Crippen MR) is 91.9 cm³/mol. The molecular formula is C18H25N3O3. The van der Waals surface area contributed by atoms with Crippen molar-refractivity contribution in [2.75, 3.05) is 20.3 Å². The van der Waals surface area contributed by atoms with Gasteiger partial charge in [-0.25, -0.2) is 4.98 Å². The Balaban J connectivity index is 1.64. The first kappa shape index (κ1) is 16.9. The Morgan fingerprint density at radius 1 is 1.46 bits per heavy atom. The Morgan fingerprint density at radius 3 is 3.08 bits per heavy atom. The highest BCUT2D eigenvalue weighted by atomic mass is 16.5. The molecule has 1 aromatic carbocycles. The van der Waals surface area contributed by atoms with Crippen LogP contribution in [0.25, 0.3) is 11.0 Å². The Morgan fingerprint density at radius 2 is 2.29 bits per heavy atom. The van der Waals surface area contributed by atoms with Crippen LogP contribution in [0.5, 0.6) is 0 Å². The van der Waals surface area contributed by atoms with Crippen LogP contribution in [0.3, 0.4) is 0 Å². The number of hydrogen-bond acceptors (Lipinski definition) is 4. The van der Waals surface area contributed by atoms with E-state index in [-0.39, 0.29) is 18.1 Å². The molecule has 1 aliphatic rings. The van der Waals surface area contributed by atoms with Gasteiger partial charge < -0.3 is 19.4 Å². The van der Waals surface area contributed by atoms with Crippen LogP contribution < -0.4 is 5.32 Å². The van der Waals surface area contributed by atoms with E-state index in [9.17, 15) is 4.79 Å². The van der Waals surface area contributed by atoms with Crippen LogP contribution in [-0.4, -0.2) is 47.9 Å². The van der Waals surface area contributed by atoms with Crippen molar-refractivity contribution in [2.45, 2.75) is 44.9 Å². The van der Waals surface area contributed by atoms with Crippen LogP contribution in [0.1, 0.15) is 25.6 Å². The molecule has 0 saturated carbocycles. The summed E-state index contributed by atoms with van der Waals surface area (Å²) in [6.45, 7) is 3.92. The average molecular weight is 331 g/mol. The molecule has 0 unspecified atom stereocenters. The molecule has 1 amide bonds. The number of amides is 1. The van der Waals surface area contributed by atoms with Gasteiger partial charge in [0, 0.05) is 33.1 Å². The third-order valence-electron chi connectivity index (χ3n) is 4.57. The van der Waals surface area contributed by atoms with Crippen molar-refractivity contribution in [3.63, 3.8) is 0 Å². The number of aromatic nitrogens is 2. The normalized spacial score (nSPS) is 21.1. The summed E-state index contributed by atoms with van der Waals surface area (Å²) in [6.07, 6.45) is 2.00. The minimum absolute atomic E-state index is 0.0291. The van der Waals surface area contributed by atoms with Crippen molar-refractivity contribution < 1.29 is 14.3 Å². The van der Waals surface area contributed by atoms with E-state index >= 15 is 0 Å². The topological polar surface area (TPSA) is 65.4 Å². The maximum absolute atomic E-state index is 12.4. The fourth-order valence-electron chi connectivity index (χ4n) is 3.25. The van der Waals surface area contributed by atoms with Crippen molar-refractivity contribution >= 4 is 16.9 Å². The first-order valence-electron chi connectivity index (χ1n) is 8.57. The molecule has 1 saturated heterocycles. The van der Waals surface area contributed by atoms with Gasteiger partial charge >= 0.3 is 0 Å². The summed E-state index contributed by atoms with van der Waals surface area (Å²) in [5.74, 6) is 1.06. The van der Waals surface area contributed by atoms with Gasteiger partial charge in [0.2, 0.25) is 5.91 Å². The number of carbonyl (C=O) groups excluding carboxylic acids is 1. The molecule has 1 fully saturated rings. The highest BCUT2D eigenvalue weighted by Gasteiger charge is 2.26. The highest BCUT2D eigenvalue weighted by molar-refractivity contribution is 5.78. The number of hydrogen-bond donors (Lipinski definition) is 1. The van der Waals surface area contributed by atoms with Crippen molar-refractivity contribution in [3.8, 4) is 0 Å². The molecule has 24 heavy (non-hydrogen) atoms. The second-order valence-electron chi connectivity index (χ2n) is 6.08. The Kier molecular flexibility index (Phi) is 5.48. The molecule has 1 aromatic heterocycles. The quantitative estimate of drug-likeness (QED) is 0.878.